The maximum absolute atomic E-state index is 13.0. The number of imide groups is 1. The molecule has 0 N–H and O–H groups in total. The fraction of sp³-hybridized carbons (Fsp3) is 0.286. The van der Waals surface area contributed by atoms with Crippen LogP contribution in [0, 0.1) is 0 Å². The zero-order valence-electron chi connectivity index (χ0n) is 15.3. The van der Waals surface area contributed by atoms with E-state index in [1.165, 1.54) is 4.90 Å². The Labute approximate surface area is 162 Å². The van der Waals surface area contributed by atoms with Gasteiger partial charge >= 0.3 is 0 Å². The van der Waals surface area contributed by atoms with Gasteiger partial charge in [-0.25, -0.2) is 0 Å². The summed E-state index contributed by atoms with van der Waals surface area (Å²) in [6, 6.07) is 8.69. The lowest BCUT2D eigenvalue weighted by Crippen LogP contribution is -2.31. The van der Waals surface area contributed by atoms with E-state index in [0.717, 1.165) is 17.7 Å². The fourth-order valence-corrected chi connectivity index (χ4v) is 3.81. The summed E-state index contributed by atoms with van der Waals surface area (Å²) in [6.45, 7) is 7.04. The molecule has 6 heteroatoms. The van der Waals surface area contributed by atoms with E-state index < -0.39 is 0 Å². The molecule has 3 rings (SSSR count). The summed E-state index contributed by atoms with van der Waals surface area (Å²) in [5.74, 6) is -0.769. The highest BCUT2D eigenvalue weighted by Crippen LogP contribution is 2.25. The second-order valence-corrected chi connectivity index (χ2v) is 7.46. The van der Waals surface area contributed by atoms with Crippen molar-refractivity contribution >= 4 is 29.1 Å². The lowest BCUT2D eigenvalue weighted by molar-refractivity contribution is 0.0652. The SMILES string of the molecule is C=CCN(Cc1cccs1)C(=O)c1ccc2c(c1)C(=O)N(CCCC)C2=O. The van der Waals surface area contributed by atoms with Gasteiger partial charge < -0.3 is 4.90 Å². The first-order chi connectivity index (χ1) is 13.1. The van der Waals surface area contributed by atoms with Crippen LogP contribution in [-0.2, 0) is 6.54 Å². The molecule has 140 valence electrons. The molecule has 0 aliphatic carbocycles. The molecule has 2 heterocycles. The predicted molar refractivity (Wildman–Crippen MR) is 106 cm³/mol. The summed E-state index contributed by atoms with van der Waals surface area (Å²) in [4.78, 5) is 42.0. The molecule has 1 aliphatic heterocycles. The smallest absolute Gasteiger partial charge is 0.261 e. The molecule has 0 atom stereocenters. The Kier molecular flexibility index (Phi) is 5.86. The van der Waals surface area contributed by atoms with E-state index in [1.54, 1.807) is 40.5 Å². The lowest BCUT2D eigenvalue weighted by atomic mass is 10.0. The Bertz CT molecular complexity index is 874. The molecular weight excluding hydrogens is 360 g/mol. The second-order valence-electron chi connectivity index (χ2n) is 6.43. The number of unbranched alkanes of at least 4 members (excludes halogenated alkanes) is 1. The molecule has 27 heavy (non-hydrogen) atoms. The van der Waals surface area contributed by atoms with Crippen molar-refractivity contribution in [2.45, 2.75) is 26.3 Å². The molecule has 5 nitrogen and oxygen atoms in total. The average Bonchev–Trinajstić information content (AvgIpc) is 3.27. The highest BCUT2D eigenvalue weighted by atomic mass is 32.1. The molecule has 1 aliphatic rings. The minimum atomic E-state index is -0.313. The largest absolute Gasteiger partial charge is 0.330 e. The van der Waals surface area contributed by atoms with E-state index in [0.29, 0.717) is 36.3 Å². The van der Waals surface area contributed by atoms with Gasteiger partial charge in [-0.15, -0.1) is 17.9 Å². The molecule has 0 radical (unpaired) electrons. The van der Waals surface area contributed by atoms with Crippen molar-refractivity contribution in [2.75, 3.05) is 13.1 Å². The van der Waals surface area contributed by atoms with Crippen LogP contribution in [0.4, 0.5) is 0 Å². The average molecular weight is 382 g/mol. The molecule has 2 aromatic rings. The standard InChI is InChI=1S/C21H22N2O3S/c1-3-5-11-23-20(25)17-9-8-15(13-18(17)21(23)26)19(24)22(10-4-2)14-16-7-6-12-27-16/h4,6-9,12-13H,2-3,5,10-11,14H2,1H3. The first kappa shape index (κ1) is 19.0. The van der Waals surface area contributed by atoms with E-state index in [1.807, 2.05) is 24.4 Å². The number of hydrogen-bond acceptors (Lipinski definition) is 4. The number of amides is 3. The number of benzene rings is 1. The molecule has 1 aromatic carbocycles. The summed E-state index contributed by atoms with van der Waals surface area (Å²) in [7, 11) is 0. The Morgan fingerprint density at radius 2 is 2.00 bits per heavy atom. The van der Waals surface area contributed by atoms with Gasteiger partial charge in [0, 0.05) is 23.5 Å². The van der Waals surface area contributed by atoms with Crippen LogP contribution in [0.15, 0.2) is 48.4 Å². The molecule has 0 spiro atoms. The fourth-order valence-electron chi connectivity index (χ4n) is 3.09. The molecule has 0 unspecified atom stereocenters. The maximum Gasteiger partial charge on any atom is 0.261 e. The topological polar surface area (TPSA) is 57.7 Å². The highest BCUT2D eigenvalue weighted by Gasteiger charge is 2.35. The Morgan fingerprint density at radius 1 is 1.22 bits per heavy atom. The van der Waals surface area contributed by atoms with Gasteiger partial charge in [0.05, 0.1) is 17.7 Å². The first-order valence-electron chi connectivity index (χ1n) is 8.99. The van der Waals surface area contributed by atoms with E-state index in [4.69, 9.17) is 0 Å². The van der Waals surface area contributed by atoms with E-state index in [9.17, 15) is 14.4 Å². The van der Waals surface area contributed by atoms with Crippen LogP contribution < -0.4 is 0 Å². The van der Waals surface area contributed by atoms with Gasteiger partial charge in [-0.1, -0.05) is 25.5 Å². The van der Waals surface area contributed by atoms with Crippen molar-refractivity contribution in [1.29, 1.82) is 0 Å². The van der Waals surface area contributed by atoms with Crippen molar-refractivity contribution in [3.05, 3.63) is 69.9 Å². The highest BCUT2D eigenvalue weighted by molar-refractivity contribution is 7.09. The van der Waals surface area contributed by atoms with Crippen LogP contribution in [0.25, 0.3) is 0 Å². The number of fused-ring (bicyclic) bond motifs is 1. The zero-order chi connectivity index (χ0) is 19.4. The van der Waals surface area contributed by atoms with Crippen LogP contribution in [0.3, 0.4) is 0 Å². The maximum atomic E-state index is 13.0. The molecule has 0 saturated heterocycles. The number of carbonyl (C=O) groups excluding carboxylic acids is 3. The third-order valence-corrected chi connectivity index (χ3v) is 5.38. The number of hydrogen-bond donors (Lipinski definition) is 0. The number of carbonyl (C=O) groups is 3. The normalized spacial score (nSPS) is 13.0. The third-order valence-electron chi connectivity index (χ3n) is 4.52. The van der Waals surface area contributed by atoms with Crippen LogP contribution in [0.1, 0.15) is 55.7 Å². The van der Waals surface area contributed by atoms with Gasteiger partial charge in [0.1, 0.15) is 0 Å². The summed E-state index contributed by atoms with van der Waals surface area (Å²) >= 11 is 1.58. The van der Waals surface area contributed by atoms with Gasteiger partial charge in [0.2, 0.25) is 0 Å². The van der Waals surface area contributed by atoms with Gasteiger partial charge in [-0.2, -0.15) is 0 Å². The van der Waals surface area contributed by atoms with Crippen LogP contribution in [0.2, 0.25) is 0 Å². The summed E-state index contributed by atoms with van der Waals surface area (Å²) < 4.78 is 0. The van der Waals surface area contributed by atoms with Crippen molar-refractivity contribution in [3.8, 4) is 0 Å². The Morgan fingerprint density at radius 3 is 2.67 bits per heavy atom. The molecular formula is C21H22N2O3S. The second kappa shape index (κ2) is 8.31. The predicted octanol–water partition coefficient (Wildman–Crippen LogP) is 3.97. The van der Waals surface area contributed by atoms with Crippen molar-refractivity contribution in [2.24, 2.45) is 0 Å². The number of nitrogens with zero attached hydrogens (tertiary/aromatic N) is 2. The quantitative estimate of drug-likeness (QED) is 0.513. The summed E-state index contributed by atoms with van der Waals surface area (Å²) in [5, 5.41) is 1.97. The van der Waals surface area contributed by atoms with Crippen LogP contribution >= 0.6 is 11.3 Å². The van der Waals surface area contributed by atoms with E-state index in [-0.39, 0.29) is 17.7 Å². The van der Waals surface area contributed by atoms with Crippen molar-refractivity contribution < 1.29 is 14.4 Å². The van der Waals surface area contributed by atoms with Crippen LogP contribution in [-0.4, -0.2) is 40.6 Å². The molecule has 0 bridgehead atoms. The monoisotopic (exact) mass is 382 g/mol. The third kappa shape index (κ3) is 3.85. The Balaban J connectivity index is 1.85. The van der Waals surface area contributed by atoms with Crippen molar-refractivity contribution in [3.63, 3.8) is 0 Å². The van der Waals surface area contributed by atoms with Crippen molar-refractivity contribution in [1.82, 2.24) is 9.80 Å². The number of rotatable bonds is 8. The number of thiophene rings is 1. The summed E-state index contributed by atoms with van der Waals surface area (Å²) in [6.07, 6.45) is 3.35. The van der Waals surface area contributed by atoms with Gasteiger partial charge in [0.15, 0.2) is 0 Å². The van der Waals surface area contributed by atoms with Gasteiger partial charge in [-0.05, 0) is 36.1 Å². The minimum absolute atomic E-state index is 0.182. The first-order valence-corrected chi connectivity index (χ1v) is 9.87. The molecule has 0 saturated carbocycles. The van der Waals surface area contributed by atoms with E-state index in [2.05, 4.69) is 6.58 Å². The van der Waals surface area contributed by atoms with E-state index >= 15 is 0 Å². The van der Waals surface area contributed by atoms with Crippen LogP contribution in [0.5, 0.6) is 0 Å². The lowest BCUT2D eigenvalue weighted by Gasteiger charge is -2.20. The minimum Gasteiger partial charge on any atom is -0.330 e. The summed E-state index contributed by atoms with van der Waals surface area (Å²) in [5.41, 5.74) is 1.10. The molecule has 3 amide bonds. The van der Waals surface area contributed by atoms with Gasteiger partial charge in [0.25, 0.3) is 17.7 Å². The Hall–Kier alpha value is -2.73. The molecule has 1 aromatic heterocycles. The van der Waals surface area contributed by atoms with Gasteiger partial charge in [-0.3, -0.25) is 19.3 Å². The zero-order valence-corrected chi connectivity index (χ0v) is 16.1. The molecule has 0 fully saturated rings.